The summed E-state index contributed by atoms with van der Waals surface area (Å²) in [6.07, 6.45) is 1.71. The molecule has 2 aliphatic carbocycles. The van der Waals surface area contributed by atoms with E-state index < -0.39 is 23.9 Å². The average molecular weight is 200 g/mol. The molecule has 4 nitrogen and oxygen atoms in total. The fourth-order valence-electron chi connectivity index (χ4n) is 2.85. The molecule has 1 heterocycles. The van der Waals surface area contributed by atoms with Gasteiger partial charge in [-0.1, -0.05) is 0 Å². The number of ether oxygens (including phenoxy) is 1. The van der Waals surface area contributed by atoms with Crippen LogP contribution in [0.15, 0.2) is 0 Å². The van der Waals surface area contributed by atoms with Gasteiger partial charge >= 0.3 is 0 Å². The topological polar surface area (TPSA) is 69.9 Å². The first-order chi connectivity index (χ1) is 6.65. The molecule has 3 rings (SSSR count). The number of hydrogen-bond acceptors (Lipinski definition) is 4. The minimum absolute atomic E-state index is 0.155. The fraction of sp³-hybridized carbons (Fsp3) is 1.00. The van der Waals surface area contributed by atoms with Gasteiger partial charge < -0.3 is 20.1 Å². The Bertz CT molecular complexity index is 257. The quantitative estimate of drug-likeness (QED) is 0.529. The van der Waals surface area contributed by atoms with Crippen molar-refractivity contribution in [1.82, 2.24) is 0 Å². The van der Waals surface area contributed by atoms with Crippen molar-refractivity contribution in [3.8, 4) is 0 Å². The van der Waals surface area contributed by atoms with Crippen molar-refractivity contribution in [2.75, 3.05) is 6.61 Å². The van der Waals surface area contributed by atoms with Crippen molar-refractivity contribution in [2.24, 2.45) is 5.41 Å². The minimum Gasteiger partial charge on any atom is -0.394 e. The van der Waals surface area contributed by atoms with Crippen molar-refractivity contribution in [3.05, 3.63) is 0 Å². The Morgan fingerprint density at radius 1 is 1.14 bits per heavy atom. The van der Waals surface area contributed by atoms with E-state index in [1.807, 2.05) is 0 Å². The Morgan fingerprint density at radius 2 is 1.79 bits per heavy atom. The summed E-state index contributed by atoms with van der Waals surface area (Å²) in [4.78, 5) is 0. The zero-order chi connectivity index (χ0) is 9.97. The molecule has 3 aliphatic rings. The van der Waals surface area contributed by atoms with Crippen LogP contribution in [0, 0.1) is 5.41 Å². The molecule has 2 saturated carbocycles. The fourth-order valence-corrected chi connectivity index (χ4v) is 2.85. The lowest BCUT2D eigenvalue weighted by Crippen LogP contribution is -2.58. The molecule has 4 heteroatoms. The summed E-state index contributed by atoms with van der Waals surface area (Å²) in [5.41, 5.74) is -0.786. The molecule has 1 saturated heterocycles. The van der Waals surface area contributed by atoms with Gasteiger partial charge in [0.25, 0.3) is 0 Å². The van der Waals surface area contributed by atoms with Crippen LogP contribution in [0.4, 0.5) is 0 Å². The SMILES string of the molecule is OC[C@H]1OC2(CC2)[C@H](O)C2(CC2)[C@@H]1O. The van der Waals surface area contributed by atoms with Crippen LogP contribution in [0.2, 0.25) is 0 Å². The van der Waals surface area contributed by atoms with Crippen molar-refractivity contribution >= 4 is 0 Å². The predicted octanol–water partition coefficient (Wildman–Crippen LogP) is -0.588. The third-order valence-electron chi connectivity index (χ3n) is 4.12. The van der Waals surface area contributed by atoms with Crippen LogP contribution in [0.5, 0.6) is 0 Å². The second kappa shape index (κ2) is 2.50. The van der Waals surface area contributed by atoms with Gasteiger partial charge in [-0.3, -0.25) is 0 Å². The van der Waals surface area contributed by atoms with E-state index in [0.29, 0.717) is 0 Å². The number of hydrogen-bond donors (Lipinski definition) is 3. The first kappa shape index (κ1) is 9.09. The number of aliphatic hydroxyl groups is 3. The molecule has 14 heavy (non-hydrogen) atoms. The summed E-state index contributed by atoms with van der Waals surface area (Å²) < 4.78 is 5.58. The normalized spacial score (nSPS) is 46.9. The first-order valence-corrected chi connectivity index (χ1v) is 5.29. The molecule has 0 amide bonds. The third kappa shape index (κ3) is 0.922. The average Bonchev–Trinajstić information content (AvgIpc) is 3.06. The van der Waals surface area contributed by atoms with Gasteiger partial charge in [-0.05, 0) is 25.7 Å². The monoisotopic (exact) mass is 200 g/mol. The Balaban J connectivity index is 1.90. The highest BCUT2D eigenvalue weighted by Crippen LogP contribution is 2.64. The molecule has 3 atom stereocenters. The number of aliphatic hydroxyl groups excluding tert-OH is 3. The molecule has 0 aromatic heterocycles. The summed E-state index contributed by atoms with van der Waals surface area (Å²) in [5, 5.41) is 29.2. The van der Waals surface area contributed by atoms with Gasteiger partial charge in [0.05, 0.1) is 24.4 Å². The van der Waals surface area contributed by atoms with Crippen LogP contribution in [0.25, 0.3) is 0 Å². The van der Waals surface area contributed by atoms with Gasteiger partial charge in [0.15, 0.2) is 0 Å². The maximum Gasteiger partial charge on any atom is 0.108 e. The summed E-state index contributed by atoms with van der Waals surface area (Å²) in [6.45, 7) is -0.155. The van der Waals surface area contributed by atoms with Gasteiger partial charge in [-0.15, -0.1) is 0 Å². The zero-order valence-corrected chi connectivity index (χ0v) is 8.02. The molecule has 3 fully saturated rings. The maximum absolute atomic E-state index is 10.1. The first-order valence-electron chi connectivity index (χ1n) is 5.29. The molecule has 0 radical (unpaired) electrons. The summed E-state index contributed by atoms with van der Waals surface area (Å²) in [7, 11) is 0. The number of rotatable bonds is 1. The lowest BCUT2D eigenvalue weighted by molar-refractivity contribution is -0.230. The zero-order valence-electron chi connectivity index (χ0n) is 8.02. The van der Waals surface area contributed by atoms with Gasteiger partial charge in [0.1, 0.15) is 6.10 Å². The Hall–Kier alpha value is -0.160. The van der Waals surface area contributed by atoms with Crippen molar-refractivity contribution in [3.63, 3.8) is 0 Å². The Morgan fingerprint density at radius 3 is 2.21 bits per heavy atom. The van der Waals surface area contributed by atoms with Crippen LogP contribution in [-0.2, 0) is 4.74 Å². The molecule has 1 aliphatic heterocycles. The Kier molecular flexibility index (Phi) is 1.62. The van der Waals surface area contributed by atoms with E-state index in [4.69, 9.17) is 9.84 Å². The van der Waals surface area contributed by atoms with E-state index in [-0.39, 0.29) is 12.0 Å². The van der Waals surface area contributed by atoms with Gasteiger partial charge in [0.2, 0.25) is 0 Å². The second-order valence-electron chi connectivity index (χ2n) is 4.98. The van der Waals surface area contributed by atoms with E-state index in [1.165, 1.54) is 0 Å². The summed E-state index contributed by atoms with van der Waals surface area (Å²) in [6, 6.07) is 0. The minimum atomic E-state index is -0.700. The molecular formula is C10H16O4. The van der Waals surface area contributed by atoms with E-state index in [0.717, 1.165) is 25.7 Å². The van der Waals surface area contributed by atoms with Crippen LogP contribution in [0.1, 0.15) is 25.7 Å². The van der Waals surface area contributed by atoms with Gasteiger partial charge in [-0.2, -0.15) is 0 Å². The van der Waals surface area contributed by atoms with Crippen LogP contribution in [-0.4, -0.2) is 45.8 Å². The molecule has 3 N–H and O–H groups in total. The predicted molar refractivity (Wildman–Crippen MR) is 47.6 cm³/mol. The molecule has 80 valence electrons. The third-order valence-corrected chi connectivity index (χ3v) is 4.12. The highest BCUT2D eigenvalue weighted by atomic mass is 16.6. The van der Waals surface area contributed by atoms with Crippen molar-refractivity contribution in [1.29, 1.82) is 0 Å². The molecule has 0 aromatic rings. The standard InChI is InChI=1S/C10H16O4/c11-5-6-7(12)9(1-2-9)8(13)10(14-6)3-4-10/h6-8,11-13H,1-5H2/t6-,7-,8-/m1/s1. The smallest absolute Gasteiger partial charge is 0.108 e. The van der Waals surface area contributed by atoms with Crippen molar-refractivity contribution in [2.45, 2.75) is 49.6 Å². The van der Waals surface area contributed by atoms with Gasteiger partial charge in [0, 0.05) is 5.41 Å². The highest BCUT2D eigenvalue weighted by molar-refractivity contribution is 5.20. The van der Waals surface area contributed by atoms with Crippen LogP contribution in [0.3, 0.4) is 0 Å². The van der Waals surface area contributed by atoms with E-state index in [1.54, 1.807) is 0 Å². The second-order valence-corrected chi connectivity index (χ2v) is 4.98. The summed E-state index contributed by atoms with van der Waals surface area (Å²) >= 11 is 0. The summed E-state index contributed by atoms with van der Waals surface area (Å²) in [5.74, 6) is 0. The lowest BCUT2D eigenvalue weighted by Gasteiger charge is -2.43. The lowest BCUT2D eigenvalue weighted by atomic mass is 9.82. The largest absolute Gasteiger partial charge is 0.394 e. The highest BCUT2D eigenvalue weighted by Gasteiger charge is 2.70. The van der Waals surface area contributed by atoms with Crippen LogP contribution >= 0.6 is 0 Å². The van der Waals surface area contributed by atoms with Gasteiger partial charge in [-0.25, -0.2) is 0 Å². The van der Waals surface area contributed by atoms with E-state index >= 15 is 0 Å². The molecule has 0 aromatic carbocycles. The molecule has 0 unspecified atom stereocenters. The Labute approximate surface area is 82.5 Å². The molecule has 0 bridgehead atoms. The van der Waals surface area contributed by atoms with Crippen LogP contribution < -0.4 is 0 Å². The maximum atomic E-state index is 10.1. The molecular weight excluding hydrogens is 184 g/mol. The van der Waals surface area contributed by atoms with E-state index in [9.17, 15) is 10.2 Å². The van der Waals surface area contributed by atoms with E-state index in [2.05, 4.69) is 0 Å². The molecule has 2 spiro atoms. The van der Waals surface area contributed by atoms with Crippen molar-refractivity contribution < 1.29 is 20.1 Å².